The van der Waals surface area contributed by atoms with E-state index in [0.29, 0.717) is 12.3 Å². The van der Waals surface area contributed by atoms with Crippen LogP contribution < -0.4 is 10.6 Å². The Kier molecular flexibility index (Phi) is 7.67. The van der Waals surface area contributed by atoms with Gasteiger partial charge >= 0.3 is 0 Å². The van der Waals surface area contributed by atoms with Crippen LogP contribution in [0.5, 0.6) is 0 Å². The van der Waals surface area contributed by atoms with E-state index in [9.17, 15) is 4.79 Å². The zero-order valence-corrected chi connectivity index (χ0v) is 14.6. The Labute approximate surface area is 136 Å². The first-order valence-corrected chi connectivity index (χ1v) is 9.35. The fourth-order valence-corrected chi connectivity index (χ4v) is 3.76. The Balaban J connectivity index is 1.52. The maximum Gasteiger partial charge on any atom is 0.220 e. The SMILES string of the molecule is CC1CCN(CCCNC(=O)CC(C)C2CCNCC2)CC1. The summed E-state index contributed by atoms with van der Waals surface area (Å²) in [6.45, 7) is 11.3. The molecule has 2 rings (SSSR count). The standard InChI is InChI=1S/C18H35N3O/c1-15-6-12-21(13-7-15)11-3-8-20-18(22)14-16(2)17-4-9-19-10-5-17/h15-17,19H,3-14H2,1-2H3,(H,20,22). The Morgan fingerprint density at radius 2 is 1.91 bits per heavy atom. The van der Waals surface area contributed by atoms with Crippen LogP contribution in [-0.2, 0) is 4.79 Å². The molecule has 0 spiro atoms. The van der Waals surface area contributed by atoms with Crippen LogP contribution >= 0.6 is 0 Å². The maximum atomic E-state index is 12.0. The number of piperidine rings is 2. The fraction of sp³-hybridized carbons (Fsp3) is 0.944. The Hall–Kier alpha value is -0.610. The van der Waals surface area contributed by atoms with Gasteiger partial charge in [-0.2, -0.15) is 0 Å². The van der Waals surface area contributed by atoms with Crippen molar-refractivity contribution in [3.05, 3.63) is 0 Å². The molecular weight excluding hydrogens is 274 g/mol. The largest absolute Gasteiger partial charge is 0.356 e. The Bertz CT molecular complexity index is 320. The summed E-state index contributed by atoms with van der Waals surface area (Å²) in [6.07, 6.45) is 6.90. The van der Waals surface area contributed by atoms with Crippen molar-refractivity contribution in [2.45, 2.75) is 52.4 Å². The molecule has 0 aromatic heterocycles. The average Bonchev–Trinajstić information content (AvgIpc) is 2.54. The van der Waals surface area contributed by atoms with Gasteiger partial charge in [0.1, 0.15) is 0 Å². The first kappa shape index (κ1) is 17.7. The van der Waals surface area contributed by atoms with Gasteiger partial charge in [-0.15, -0.1) is 0 Å². The molecule has 2 fully saturated rings. The first-order chi connectivity index (χ1) is 10.6. The Morgan fingerprint density at radius 1 is 1.23 bits per heavy atom. The molecule has 0 saturated carbocycles. The highest BCUT2D eigenvalue weighted by atomic mass is 16.1. The summed E-state index contributed by atoms with van der Waals surface area (Å²) in [5.74, 6) is 2.39. The van der Waals surface area contributed by atoms with E-state index in [4.69, 9.17) is 0 Å². The zero-order valence-electron chi connectivity index (χ0n) is 14.6. The third-order valence-electron chi connectivity index (χ3n) is 5.55. The number of hydrogen-bond donors (Lipinski definition) is 2. The lowest BCUT2D eigenvalue weighted by Gasteiger charge is -2.30. The topological polar surface area (TPSA) is 44.4 Å². The second-order valence-electron chi connectivity index (χ2n) is 7.50. The van der Waals surface area contributed by atoms with Gasteiger partial charge < -0.3 is 15.5 Å². The predicted molar refractivity (Wildman–Crippen MR) is 91.8 cm³/mol. The number of carbonyl (C=O) groups is 1. The van der Waals surface area contributed by atoms with Crippen LogP contribution in [0.2, 0.25) is 0 Å². The number of likely N-dealkylation sites (tertiary alicyclic amines) is 1. The van der Waals surface area contributed by atoms with Gasteiger partial charge in [0.05, 0.1) is 0 Å². The minimum Gasteiger partial charge on any atom is -0.356 e. The van der Waals surface area contributed by atoms with Gasteiger partial charge in [-0.1, -0.05) is 13.8 Å². The van der Waals surface area contributed by atoms with E-state index in [-0.39, 0.29) is 5.91 Å². The lowest BCUT2D eigenvalue weighted by atomic mass is 9.84. The van der Waals surface area contributed by atoms with E-state index in [1.165, 1.54) is 38.8 Å². The normalized spacial score (nSPS) is 23.4. The van der Waals surface area contributed by atoms with Crippen LogP contribution in [0, 0.1) is 17.8 Å². The number of nitrogens with one attached hydrogen (secondary N) is 2. The van der Waals surface area contributed by atoms with E-state index < -0.39 is 0 Å². The fourth-order valence-electron chi connectivity index (χ4n) is 3.76. The van der Waals surface area contributed by atoms with Gasteiger partial charge in [0.15, 0.2) is 0 Å². The van der Waals surface area contributed by atoms with Crippen molar-refractivity contribution in [3.63, 3.8) is 0 Å². The van der Waals surface area contributed by atoms with Crippen molar-refractivity contribution in [2.75, 3.05) is 39.3 Å². The molecule has 1 atom stereocenters. The van der Waals surface area contributed by atoms with Crippen LogP contribution in [0.15, 0.2) is 0 Å². The van der Waals surface area contributed by atoms with Gasteiger partial charge in [0.2, 0.25) is 5.91 Å². The molecule has 1 amide bonds. The summed E-state index contributed by atoms with van der Waals surface area (Å²) in [5.41, 5.74) is 0. The van der Waals surface area contributed by atoms with Crippen molar-refractivity contribution in [1.82, 2.24) is 15.5 Å². The van der Waals surface area contributed by atoms with E-state index in [1.807, 2.05) is 0 Å². The molecule has 128 valence electrons. The maximum absolute atomic E-state index is 12.0. The summed E-state index contributed by atoms with van der Waals surface area (Å²) in [6, 6.07) is 0. The van der Waals surface area contributed by atoms with E-state index in [1.54, 1.807) is 0 Å². The summed E-state index contributed by atoms with van der Waals surface area (Å²) < 4.78 is 0. The van der Waals surface area contributed by atoms with Crippen molar-refractivity contribution in [2.24, 2.45) is 17.8 Å². The smallest absolute Gasteiger partial charge is 0.220 e. The highest BCUT2D eigenvalue weighted by Crippen LogP contribution is 2.24. The lowest BCUT2D eigenvalue weighted by molar-refractivity contribution is -0.122. The molecule has 0 bridgehead atoms. The van der Waals surface area contributed by atoms with E-state index >= 15 is 0 Å². The van der Waals surface area contributed by atoms with Crippen molar-refractivity contribution < 1.29 is 4.79 Å². The van der Waals surface area contributed by atoms with Crippen molar-refractivity contribution >= 4 is 5.91 Å². The summed E-state index contributed by atoms with van der Waals surface area (Å²) >= 11 is 0. The van der Waals surface area contributed by atoms with Crippen LogP contribution in [0.4, 0.5) is 0 Å². The molecule has 2 N–H and O–H groups in total. The highest BCUT2D eigenvalue weighted by molar-refractivity contribution is 5.76. The highest BCUT2D eigenvalue weighted by Gasteiger charge is 2.21. The van der Waals surface area contributed by atoms with Crippen LogP contribution in [0.25, 0.3) is 0 Å². The summed E-state index contributed by atoms with van der Waals surface area (Å²) in [4.78, 5) is 14.6. The quantitative estimate of drug-likeness (QED) is 0.709. The predicted octanol–water partition coefficient (Wildman–Crippen LogP) is 2.25. The molecule has 4 nitrogen and oxygen atoms in total. The first-order valence-electron chi connectivity index (χ1n) is 9.35. The molecule has 4 heteroatoms. The van der Waals surface area contributed by atoms with Gasteiger partial charge in [0.25, 0.3) is 0 Å². The molecule has 0 radical (unpaired) electrons. The van der Waals surface area contributed by atoms with Gasteiger partial charge in [0, 0.05) is 13.0 Å². The van der Waals surface area contributed by atoms with E-state index in [0.717, 1.165) is 44.4 Å². The van der Waals surface area contributed by atoms with Crippen molar-refractivity contribution in [1.29, 1.82) is 0 Å². The molecule has 2 saturated heterocycles. The second kappa shape index (κ2) is 9.51. The summed E-state index contributed by atoms with van der Waals surface area (Å²) in [5, 5.41) is 6.51. The molecular formula is C18H35N3O. The zero-order chi connectivity index (χ0) is 15.8. The van der Waals surface area contributed by atoms with Gasteiger partial charge in [-0.05, 0) is 82.6 Å². The van der Waals surface area contributed by atoms with Gasteiger partial charge in [-0.25, -0.2) is 0 Å². The lowest BCUT2D eigenvalue weighted by Crippen LogP contribution is -2.36. The molecule has 0 aromatic rings. The number of amides is 1. The average molecular weight is 309 g/mol. The van der Waals surface area contributed by atoms with Crippen LogP contribution in [-0.4, -0.2) is 50.1 Å². The minimum absolute atomic E-state index is 0.248. The number of rotatable bonds is 7. The summed E-state index contributed by atoms with van der Waals surface area (Å²) in [7, 11) is 0. The molecule has 0 aromatic carbocycles. The number of carbonyl (C=O) groups excluding carboxylic acids is 1. The van der Waals surface area contributed by atoms with Crippen molar-refractivity contribution in [3.8, 4) is 0 Å². The molecule has 2 heterocycles. The molecule has 1 unspecified atom stereocenters. The number of hydrogen-bond acceptors (Lipinski definition) is 3. The second-order valence-corrected chi connectivity index (χ2v) is 7.50. The van der Waals surface area contributed by atoms with Crippen LogP contribution in [0.3, 0.4) is 0 Å². The minimum atomic E-state index is 0.248. The van der Waals surface area contributed by atoms with Crippen LogP contribution in [0.1, 0.15) is 52.4 Å². The monoisotopic (exact) mass is 309 g/mol. The molecule has 0 aliphatic carbocycles. The van der Waals surface area contributed by atoms with E-state index in [2.05, 4.69) is 29.4 Å². The Morgan fingerprint density at radius 3 is 2.59 bits per heavy atom. The number of nitrogens with zero attached hydrogens (tertiary/aromatic N) is 1. The molecule has 2 aliphatic heterocycles. The molecule has 22 heavy (non-hydrogen) atoms. The molecule has 2 aliphatic rings. The third kappa shape index (κ3) is 6.25. The third-order valence-corrected chi connectivity index (χ3v) is 5.55. The van der Waals surface area contributed by atoms with Gasteiger partial charge in [-0.3, -0.25) is 4.79 Å².